The number of ether oxygens (including phenoxy) is 2. The molecular formula is C17H21BrO4Si. The fourth-order valence-electron chi connectivity index (χ4n) is 3.02. The molecule has 23 heavy (non-hydrogen) atoms. The Hall–Kier alpha value is -1.11. The Bertz CT molecular complexity index is 669. The van der Waals surface area contributed by atoms with Gasteiger partial charge in [0.05, 0.1) is 7.11 Å². The van der Waals surface area contributed by atoms with E-state index >= 15 is 0 Å². The Balaban J connectivity index is 1.96. The van der Waals surface area contributed by atoms with E-state index in [2.05, 4.69) is 29.0 Å². The van der Waals surface area contributed by atoms with Gasteiger partial charge in [0.15, 0.2) is 14.1 Å². The fraction of sp³-hybridized carbons (Fsp3) is 0.471. The molecule has 0 aromatic heterocycles. The Morgan fingerprint density at radius 3 is 2.87 bits per heavy atom. The number of rotatable bonds is 4. The van der Waals surface area contributed by atoms with Gasteiger partial charge in [-0.05, 0) is 31.6 Å². The van der Waals surface area contributed by atoms with Gasteiger partial charge in [-0.3, -0.25) is 4.79 Å². The Morgan fingerprint density at radius 2 is 2.17 bits per heavy atom. The van der Waals surface area contributed by atoms with Crippen molar-refractivity contribution < 1.29 is 18.7 Å². The highest BCUT2D eigenvalue weighted by molar-refractivity contribution is 9.09. The molecule has 0 fully saturated rings. The van der Waals surface area contributed by atoms with Crippen LogP contribution in [0.5, 0.6) is 11.5 Å². The zero-order chi connectivity index (χ0) is 16.6. The summed E-state index contributed by atoms with van der Waals surface area (Å²) in [4.78, 5) is 13.2. The van der Waals surface area contributed by atoms with E-state index in [0.29, 0.717) is 25.0 Å². The van der Waals surface area contributed by atoms with E-state index in [-0.39, 0.29) is 11.9 Å². The Labute approximate surface area is 146 Å². The van der Waals surface area contributed by atoms with Crippen molar-refractivity contribution in [3.8, 4) is 11.5 Å². The fourth-order valence-corrected chi connectivity index (χ4v) is 4.47. The summed E-state index contributed by atoms with van der Waals surface area (Å²) in [6.07, 6.45) is 1.65. The van der Waals surface area contributed by atoms with Crippen LogP contribution in [-0.2, 0) is 15.6 Å². The first-order valence-electron chi connectivity index (χ1n) is 7.79. The molecule has 1 heterocycles. The maximum atomic E-state index is 12.4. The number of halogens is 1. The average molecular weight is 397 g/mol. The van der Waals surface area contributed by atoms with E-state index < -0.39 is 8.32 Å². The van der Waals surface area contributed by atoms with Crippen LogP contribution in [0.1, 0.15) is 18.4 Å². The lowest BCUT2D eigenvalue weighted by Crippen LogP contribution is -2.42. The molecule has 0 unspecified atom stereocenters. The van der Waals surface area contributed by atoms with Gasteiger partial charge in [-0.15, -0.1) is 0 Å². The number of carbonyl (C=O) groups is 1. The van der Waals surface area contributed by atoms with Crippen LogP contribution >= 0.6 is 15.9 Å². The molecular weight excluding hydrogens is 376 g/mol. The van der Waals surface area contributed by atoms with Gasteiger partial charge in [0.2, 0.25) is 0 Å². The van der Waals surface area contributed by atoms with Crippen molar-refractivity contribution in [3.05, 3.63) is 35.1 Å². The van der Waals surface area contributed by atoms with Crippen molar-refractivity contribution in [1.29, 1.82) is 0 Å². The summed E-state index contributed by atoms with van der Waals surface area (Å²) in [5, 5.41) is 0. The third-order valence-electron chi connectivity index (χ3n) is 4.23. The lowest BCUT2D eigenvalue weighted by atomic mass is 9.87. The largest absolute Gasteiger partial charge is 0.496 e. The lowest BCUT2D eigenvalue weighted by Gasteiger charge is -2.35. The van der Waals surface area contributed by atoms with Gasteiger partial charge in [0.1, 0.15) is 23.4 Å². The Morgan fingerprint density at radius 1 is 1.39 bits per heavy atom. The number of Topliss-reactive ketones (excluding diaryl/α,β-unsaturated/α-hetero) is 1. The second-order valence-electron chi connectivity index (χ2n) is 6.52. The molecule has 1 aromatic rings. The molecule has 0 saturated heterocycles. The molecule has 0 saturated carbocycles. The first-order chi connectivity index (χ1) is 10.9. The van der Waals surface area contributed by atoms with Crippen LogP contribution in [0.4, 0.5) is 0 Å². The molecule has 6 heteroatoms. The standard InChI is InChI=1S/C17H21BrO4Si/c1-20-14-5-4-6-15-12(14)9-11-13(19)7-8-16(17(11)21-15)22-23(2,3)10-18/h4-6,16H,7-10H2,1-3H3/t16-/m1/s1. The minimum absolute atomic E-state index is 0.124. The van der Waals surface area contributed by atoms with Gasteiger partial charge in [-0.25, -0.2) is 0 Å². The molecule has 1 aliphatic heterocycles. The molecule has 4 nitrogen and oxygen atoms in total. The van der Waals surface area contributed by atoms with Gasteiger partial charge in [-0.2, -0.15) is 0 Å². The van der Waals surface area contributed by atoms with Crippen LogP contribution in [0, 0.1) is 0 Å². The predicted molar refractivity (Wildman–Crippen MR) is 94.7 cm³/mol. The highest BCUT2D eigenvalue weighted by atomic mass is 79.9. The highest BCUT2D eigenvalue weighted by Gasteiger charge is 2.38. The van der Waals surface area contributed by atoms with Crippen molar-refractivity contribution >= 4 is 30.0 Å². The number of hydrogen-bond donors (Lipinski definition) is 0. The Kier molecular flexibility index (Phi) is 4.67. The minimum atomic E-state index is -1.81. The predicted octanol–water partition coefficient (Wildman–Crippen LogP) is 3.77. The number of methoxy groups -OCH3 is 1. The second-order valence-corrected chi connectivity index (χ2v) is 12.2. The topological polar surface area (TPSA) is 44.8 Å². The third kappa shape index (κ3) is 3.25. The molecule has 124 valence electrons. The summed E-state index contributed by atoms with van der Waals surface area (Å²) in [5.41, 5.74) is 1.69. The van der Waals surface area contributed by atoms with Crippen LogP contribution in [0.3, 0.4) is 0 Å². The van der Waals surface area contributed by atoms with Crippen molar-refractivity contribution in [3.63, 3.8) is 0 Å². The van der Waals surface area contributed by atoms with E-state index in [4.69, 9.17) is 13.9 Å². The second kappa shape index (κ2) is 6.41. The van der Waals surface area contributed by atoms with E-state index in [0.717, 1.165) is 27.6 Å². The third-order valence-corrected chi connectivity index (χ3v) is 9.84. The quantitative estimate of drug-likeness (QED) is 0.573. The van der Waals surface area contributed by atoms with E-state index in [9.17, 15) is 4.79 Å². The number of alkyl halides is 1. The molecule has 3 rings (SSSR count). The minimum Gasteiger partial charge on any atom is -0.496 e. The molecule has 2 aliphatic rings. The summed E-state index contributed by atoms with van der Waals surface area (Å²) in [5.74, 6) is 2.41. The number of ketones is 1. The van der Waals surface area contributed by atoms with E-state index in [1.807, 2.05) is 18.2 Å². The average Bonchev–Trinajstić information content (AvgIpc) is 2.55. The van der Waals surface area contributed by atoms with Gasteiger partial charge < -0.3 is 13.9 Å². The van der Waals surface area contributed by atoms with Crippen LogP contribution < -0.4 is 9.47 Å². The van der Waals surface area contributed by atoms with Crippen LogP contribution in [0.25, 0.3) is 0 Å². The van der Waals surface area contributed by atoms with Crippen LogP contribution in [0.2, 0.25) is 13.1 Å². The zero-order valence-electron chi connectivity index (χ0n) is 13.6. The van der Waals surface area contributed by atoms with Crippen LogP contribution in [-0.4, -0.2) is 32.3 Å². The number of hydrogen-bond acceptors (Lipinski definition) is 4. The molecule has 1 atom stereocenters. The molecule has 0 spiro atoms. The monoisotopic (exact) mass is 396 g/mol. The number of fused-ring (bicyclic) bond motifs is 1. The van der Waals surface area contributed by atoms with E-state index in [1.54, 1.807) is 7.11 Å². The van der Waals surface area contributed by atoms with Crippen molar-refractivity contribution in [2.75, 3.05) is 12.1 Å². The summed E-state index contributed by atoms with van der Waals surface area (Å²) >= 11 is 3.54. The molecule has 0 N–H and O–H groups in total. The van der Waals surface area contributed by atoms with Gasteiger partial charge in [0, 0.05) is 28.9 Å². The molecule has 0 radical (unpaired) electrons. The number of benzene rings is 1. The van der Waals surface area contributed by atoms with Gasteiger partial charge in [0.25, 0.3) is 0 Å². The molecule has 1 aromatic carbocycles. The van der Waals surface area contributed by atoms with Crippen molar-refractivity contribution in [1.82, 2.24) is 0 Å². The highest BCUT2D eigenvalue weighted by Crippen LogP contribution is 2.41. The number of carbonyl (C=O) groups excluding carboxylic acids is 1. The maximum Gasteiger partial charge on any atom is 0.198 e. The van der Waals surface area contributed by atoms with Crippen molar-refractivity contribution in [2.45, 2.75) is 38.5 Å². The molecule has 0 bridgehead atoms. The summed E-state index contributed by atoms with van der Waals surface area (Å²) in [6, 6.07) is 5.72. The zero-order valence-corrected chi connectivity index (χ0v) is 16.2. The molecule has 0 amide bonds. The normalized spacial score (nSPS) is 20.7. The first-order valence-corrected chi connectivity index (χ1v) is 12.0. The SMILES string of the molecule is COc1cccc2c1CC1=C(O2)[C@H](O[Si](C)(C)CBr)CCC1=O. The maximum absolute atomic E-state index is 12.4. The van der Waals surface area contributed by atoms with E-state index in [1.165, 1.54) is 0 Å². The summed E-state index contributed by atoms with van der Waals surface area (Å²) < 4.78 is 17.9. The smallest absolute Gasteiger partial charge is 0.198 e. The number of allylic oxidation sites excluding steroid dienone is 1. The first kappa shape index (κ1) is 16.7. The van der Waals surface area contributed by atoms with Gasteiger partial charge in [-0.1, -0.05) is 22.0 Å². The van der Waals surface area contributed by atoms with Crippen LogP contribution in [0.15, 0.2) is 29.5 Å². The summed E-state index contributed by atoms with van der Waals surface area (Å²) in [7, 11) is -0.169. The lowest BCUT2D eigenvalue weighted by molar-refractivity contribution is -0.117. The van der Waals surface area contributed by atoms with Gasteiger partial charge >= 0.3 is 0 Å². The van der Waals surface area contributed by atoms with Crippen molar-refractivity contribution in [2.24, 2.45) is 0 Å². The molecule has 1 aliphatic carbocycles. The summed E-state index contributed by atoms with van der Waals surface area (Å²) in [6.45, 7) is 4.33.